The van der Waals surface area contributed by atoms with Gasteiger partial charge in [-0.1, -0.05) is 41.0 Å². The molecular formula is C24H44O2Si. The molecule has 0 aliphatic heterocycles. The topological polar surface area (TPSA) is 29.5 Å². The van der Waals surface area contributed by atoms with Gasteiger partial charge < -0.3 is 9.53 Å². The third-order valence-electron chi connectivity index (χ3n) is 7.91. The molecule has 0 radical (unpaired) electrons. The van der Waals surface area contributed by atoms with E-state index in [1.54, 1.807) is 0 Å². The summed E-state index contributed by atoms with van der Waals surface area (Å²) in [5, 5.41) is 10.7. The maximum atomic E-state index is 10.5. The third-order valence-corrected chi connectivity index (χ3v) is 12.6. The lowest BCUT2D eigenvalue weighted by atomic mass is 9.62. The van der Waals surface area contributed by atoms with Crippen molar-refractivity contribution in [2.75, 3.05) is 0 Å². The summed E-state index contributed by atoms with van der Waals surface area (Å²) in [5.41, 5.74) is 3.49. The highest BCUT2D eigenvalue weighted by Gasteiger charge is 2.51. The first-order chi connectivity index (χ1) is 12.2. The lowest BCUT2D eigenvalue weighted by Gasteiger charge is -2.44. The van der Waals surface area contributed by atoms with Crippen LogP contribution in [-0.2, 0) is 4.43 Å². The first kappa shape index (κ1) is 22.9. The smallest absolute Gasteiger partial charge is 0.193 e. The number of aliphatic hydroxyl groups is 1. The second-order valence-corrected chi connectivity index (χ2v) is 16.3. The highest BCUT2D eigenvalue weighted by molar-refractivity contribution is 6.74. The van der Waals surface area contributed by atoms with Crippen LogP contribution in [0.1, 0.15) is 80.6 Å². The minimum Gasteiger partial charge on any atom is -0.408 e. The van der Waals surface area contributed by atoms with Gasteiger partial charge in [-0.3, -0.25) is 0 Å². The van der Waals surface area contributed by atoms with E-state index >= 15 is 0 Å². The summed E-state index contributed by atoms with van der Waals surface area (Å²) in [6.07, 6.45) is 10.1. The van der Waals surface area contributed by atoms with E-state index in [0.717, 1.165) is 6.42 Å². The minimum absolute atomic E-state index is 0.0857. The van der Waals surface area contributed by atoms with E-state index in [9.17, 15) is 5.11 Å². The standard InChI is InChI=1S/C24H44O2Si/c1-18(19-14-15-20-21(25)13-11-17-24(19,20)7)12-10-16-23(5,6)26-27(8,9)22(2,3)4/h12,16,18-21,25H,11,13-15,17H2,1-9H3/t10?,18-,19-,20+,21+,24-/m1/s1. The number of hydrogen-bond donors (Lipinski definition) is 1. The van der Waals surface area contributed by atoms with E-state index in [1.165, 1.54) is 25.7 Å². The van der Waals surface area contributed by atoms with Crippen LogP contribution in [0.3, 0.4) is 0 Å². The first-order valence-corrected chi connectivity index (χ1v) is 13.9. The van der Waals surface area contributed by atoms with Gasteiger partial charge in [0.2, 0.25) is 0 Å². The summed E-state index contributed by atoms with van der Waals surface area (Å²) in [4.78, 5) is 0. The van der Waals surface area contributed by atoms with Gasteiger partial charge in [0.1, 0.15) is 0 Å². The fraction of sp³-hybridized carbons (Fsp3) is 0.875. The predicted molar refractivity (Wildman–Crippen MR) is 118 cm³/mol. The van der Waals surface area contributed by atoms with Crippen molar-refractivity contribution in [3.63, 3.8) is 0 Å². The normalized spacial score (nSPS) is 33.2. The van der Waals surface area contributed by atoms with Crippen LogP contribution in [0, 0.1) is 23.2 Å². The van der Waals surface area contributed by atoms with Gasteiger partial charge in [0.15, 0.2) is 8.32 Å². The lowest BCUT2D eigenvalue weighted by Crippen LogP contribution is -2.46. The van der Waals surface area contributed by atoms with E-state index in [4.69, 9.17) is 4.43 Å². The molecule has 2 saturated carbocycles. The fourth-order valence-corrected chi connectivity index (χ4v) is 7.09. The SMILES string of the molecule is C[C@H](C=C=CC(C)(C)O[Si](C)(C)C(C)(C)C)[C@H]1CC[C@H]2[C@@H](O)CCC[C@]12C. The Balaban J connectivity index is 2.08. The van der Waals surface area contributed by atoms with Crippen LogP contribution in [0.15, 0.2) is 17.9 Å². The van der Waals surface area contributed by atoms with Crippen LogP contribution in [-0.4, -0.2) is 25.1 Å². The Bertz CT molecular complexity index is 580. The molecule has 0 unspecified atom stereocenters. The predicted octanol–water partition coefficient (Wildman–Crippen LogP) is 6.71. The fourth-order valence-electron chi connectivity index (χ4n) is 5.41. The lowest BCUT2D eigenvalue weighted by molar-refractivity contribution is -0.0231. The maximum absolute atomic E-state index is 10.5. The van der Waals surface area contributed by atoms with Gasteiger partial charge in [-0.25, -0.2) is 0 Å². The van der Waals surface area contributed by atoms with Crippen molar-refractivity contribution in [3.8, 4) is 0 Å². The van der Waals surface area contributed by atoms with Crippen molar-refractivity contribution in [3.05, 3.63) is 17.9 Å². The molecule has 2 fully saturated rings. The molecule has 0 aromatic carbocycles. The van der Waals surface area contributed by atoms with Crippen molar-refractivity contribution in [2.45, 2.75) is 110 Å². The Morgan fingerprint density at radius 2 is 1.78 bits per heavy atom. The Morgan fingerprint density at radius 3 is 2.37 bits per heavy atom. The van der Waals surface area contributed by atoms with Crippen LogP contribution in [0.2, 0.25) is 18.1 Å². The summed E-state index contributed by atoms with van der Waals surface area (Å²) in [6, 6.07) is 0. The Kier molecular flexibility index (Phi) is 6.65. The molecule has 156 valence electrons. The van der Waals surface area contributed by atoms with E-state index < -0.39 is 8.32 Å². The van der Waals surface area contributed by atoms with Crippen LogP contribution in [0.4, 0.5) is 0 Å². The highest BCUT2D eigenvalue weighted by Crippen LogP contribution is 2.57. The van der Waals surface area contributed by atoms with E-state index in [2.05, 4.69) is 79.4 Å². The van der Waals surface area contributed by atoms with Crippen LogP contribution in [0.25, 0.3) is 0 Å². The molecule has 2 rings (SSSR count). The number of fused-ring (bicyclic) bond motifs is 1. The summed E-state index contributed by atoms with van der Waals surface area (Å²) in [5.74, 6) is 1.64. The van der Waals surface area contributed by atoms with Crippen molar-refractivity contribution in [1.29, 1.82) is 0 Å². The molecule has 0 saturated heterocycles. The van der Waals surface area contributed by atoms with Gasteiger partial charge in [0.25, 0.3) is 0 Å². The molecule has 0 spiro atoms. The zero-order valence-electron chi connectivity index (χ0n) is 19.4. The van der Waals surface area contributed by atoms with Crippen molar-refractivity contribution in [2.24, 2.45) is 23.2 Å². The number of aliphatic hydroxyl groups excluding tert-OH is 1. The summed E-state index contributed by atoms with van der Waals surface area (Å²) in [7, 11) is -1.80. The molecule has 2 nitrogen and oxygen atoms in total. The van der Waals surface area contributed by atoms with Gasteiger partial charge in [-0.15, -0.1) is 5.73 Å². The van der Waals surface area contributed by atoms with Gasteiger partial charge in [-0.2, -0.15) is 0 Å². The molecule has 2 aliphatic rings. The van der Waals surface area contributed by atoms with Crippen LogP contribution >= 0.6 is 0 Å². The molecule has 1 N–H and O–H groups in total. The average Bonchev–Trinajstić information content (AvgIpc) is 2.83. The Labute approximate surface area is 169 Å². The average molecular weight is 393 g/mol. The summed E-state index contributed by atoms with van der Waals surface area (Å²) >= 11 is 0. The molecule has 0 aromatic heterocycles. The molecule has 3 heteroatoms. The second-order valence-electron chi connectivity index (χ2n) is 11.6. The van der Waals surface area contributed by atoms with Crippen molar-refractivity contribution < 1.29 is 9.53 Å². The van der Waals surface area contributed by atoms with Crippen molar-refractivity contribution in [1.82, 2.24) is 0 Å². The second kappa shape index (κ2) is 7.82. The van der Waals surface area contributed by atoms with Gasteiger partial charge >= 0.3 is 0 Å². The molecular weight excluding hydrogens is 348 g/mol. The summed E-state index contributed by atoms with van der Waals surface area (Å²) in [6.45, 7) is 20.5. The molecule has 0 heterocycles. The minimum atomic E-state index is -1.80. The molecule has 2 aliphatic carbocycles. The summed E-state index contributed by atoms with van der Waals surface area (Å²) < 4.78 is 6.58. The van der Waals surface area contributed by atoms with Crippen LogP contribution in [0.5, 0.6) is 0 Å². The molecule has 0 aromatic rings. The van der Waals surface area contributed by atoms with E-state index in [0.29, 0.717) is 23.2 Å². The van der Waals surface area contributed by atoms with Gasteiger partial charge in [0, 0.05) is 0 Å². The molecule has 0 amide bonds. The van der Waals surface area contributed by atoms with Gasteiger partial charge in [0.05, 0.1) is 11.7 Å². The van der Waals surface area contributed by atoms with Crippen LogP contribution < -0.4 is 0 Å². The zero-order valence-corrected chi connectivity index (χ0v) is 20.4. The monoisotopic (exact) mass is 392 g/mol. The Morgan fingerprint density at radius 1 is 1.15 bits per heavy atom. The largest absolute Gasteiger partial charge is 0.408 e. The van der Waals surface area contributed by atoms with Crippen molar-refractivity contribution >= 4 is 8.32 Å². The highest BCUT2D eigenvalue weighted by atomic mass is 28.4. The third kappa shape index (κ3) is 4.99. The van der Waals surface area contributed by atoms with E-state index in [-0.39, 0.29) is 16.7 Å². The Hall–Kier alpha value is -0.343. The quantitative estimate of drug-likeness (QED) is 0.416. The number of hydrogen-bond acceptors (Lipinski definition) is 2. The van der Waals surface area contributed by atoms with Gasteiger partial charge in [-0.05, 0) is 93.0 Å². The number of rotatable bonds is 5. The zero-order chi connectivity index (χ0) is 20.7. The molecule has 27 heavy (non-hydrogen) atoms. The molecule has 5 atom stereocenters. The molecule has 0 bridgehead atoms. The first-order valence-electron chi connectivity index (χ1n) is 11.0. The maximum Gasteiger partial charge on any atom is 0.193 e. The van der Waals surface area contributed by atoms with E-state index in [1.807, 2.05) is 0 Å².